The Morgan fingerprint density at radius 3 is 2.67 bits per heavy atom. The highest BCUT2D eigenvalue weighted by molar-refractivity contribution is 6.09. The monoisotopic (exact) mass is 248 g/mol. The summed E-state index contributed by atoms with van der Waals surface area (Å²) in [5.74, 6) is -1.03. The number of carbonyl (C=O) groups is 2. The van der Waals surface area contributed by atoms with Crippen LogP contribution in [0.3, 0.4) is 0 Å². The number of piperazine rings is 1. The molecule has 2 rings (SSSR count). The summed E-state index contributed by atoms with van der Waals surface area (Å²) in [6.07, 6.45) is 1.23. The van der Waals surface area contributed by atoms with Crippen molar-refractivity contribution in [3.8, 4) is 0 Å². The quantitative estimate of drug-likeness (QED) is 0.606. The summed E-state index contributed by atoms with van der Waals surface area (Å²) in [6, 6.07) is 5.23. The van der Waals surface area contributed by atoms with Gasteiger partial charge in [-0.1, -0.05) is 0 Å². The van der Waals surface area contributed by atoms with Crippen molar-refractivity contribution < 1.29 is 14.0 Å². The topological polar surface area (TPSA) is 58.2 Å². The van der Waals surface area contributed by atoms with Gasteiger partial charge in [0.15, 0.2) is 5.78 Å². The summed E-state index contributed by atoms with van der Waals surface area (Å²) in [6.45, 7) is 2.44. The molecule has 4 nitrogen and oxygen atoms in total. The second kappa shape index (κ2) is 5.00. The third kappa shape index (κ3) is 2.74. The van der Waals surface area contributed by atoms with Gasteiger partial charge in [0.25, 0.3) is 5.91 Å². The molecule has 94 valence electrons. The number of carbonyl (C=O) groups excluding carboxylic acids is 2. The number of hydrogen-bond donors (Lipinski definition) is 2. The molecule has 0 spiro atoms. The first-order valence-electron chi connectivity index (χ1n) is 5.62. The van der Waals surface area contributed by atoms with E-state index in [1.165, 1.54) is 30.3 Å². The van der Waals surface area contributed by atoms with Crippen molar-refractivity contribution in [1.29, 1.82) is 0 Å². The molecular formula is C13H13FN2O2. The third-order valence-electron chi connectivity index (χ3n) is 2.62. The Kier molecular flexibility index (Phi) is 3.41. The van der Waals surface area contributed by atoms with Gasteiger partial charge in [-0.2, -0.15) is 0 Å². The third-order valence-corrected chi connectivity index (χ3v) is 2.62. The molecule has 0 bridgehead atoms. The smallest absolute Gasteiger partial charge is 0.267 e. The van der Waals surface area contributed by atoms with Crippen LogP contribution in [0.5, 0.6) is 0 Å². The minimum absolute atomic E-state index is 0.0376. The fraction of sp³-hybridized carbons (Fsp3) is 0.231. The fourth-order valence-electron chi connectivity index (χ4n) is 1.64. The van der Waals surface area contributed by atoms with Crippen LogP contribution >= 0.6 is 0 Å². The Morgan fingerprint density at radius 1 is 1.39 bits per heavy atom. The highest BCUT2D eigenvalue weighted by Gasteiger charge is 2.19. The average Bonchev–Trinajstić information content (AvgIpc) is 2.33. The van der Waals surface area contributed by atoms with Gasteiger partial charge in [-0.05, 0) is 31.2 Å². The van der Waals surface area contributed by atoms with Gasteiger partial charge in [-0.3, -0.25) is 9.59 Å². The molecular weight excluding hydrogens is 235 g/mol. The van der Waals surface area contributed by atoms with Gasteiger partial charge in [0, 0.05) is 24.2 Å². The first-order valence-corrected chi connectivity index (χ1v) is 5.62. The van der Waals surface area contributed by atoms with E-state index in [0.29, 0.717) is 12.1 Å². The second-order valence-electron chi connectivity index (χ2n) is 4.18. The van der Waals surface area contributed by atoms with Crippen LogP contribution in [0, 0.1) is 5.82 Å². The first kappa shape index (κ1) is 12.3. The van der Waals surface area contributed by atoms with Crippen LogP contribution in [0.15, 0.2) is 36.0 Å². The van der Waals surface area contributed by atoms with Crippen molar-refractivity contribution in [2.75, 3.05) is 6.54 Å². The summed E-state index contributed by atoms with van der Waals surface area (Å²) in [5.41, 5.74) is 0.583. The Balaban J connectivity index is 2.15. The molecule has 18 heavy (non-hydrogen) atoms. The number of halogens is 1. The maximum Gasteiger partial charge on any atom is 0.267 e. The molecule has 1 aliphatic heterocycles. The van der Waals surface area contributed by atoms with Crippen LogP contribution in [0.1, 0.15) is 17.3 Å². The summed E-state index contributed by atoms with van der Waals surface area (Å²) >= 11 is 0. The molecule has 1 atom stereocenters. The molecule has 1 saturated heterocycles. The van der Waals surface area contributed by atoms with Crippen molar-refractivity contribution in [3.05, 3.63) is 47.4 Å². The number of ketones is 1. The zero-order valence-electron chi connectivity index (χ0n) is 9.87. The highest BCUT2D eigenvalue weighted by atomic mass is 19.1. The largest absolute Gasteiger partial charge is 0.378 e. The van der Waals surface area contributed by atoms with Crippen LogP contribution in [0.4, 0.5) is 4.39 Å². The molecule has 1 heterocycles. The van der Waals surface area contributed by atoms with E-state index in [-0.39, 0.29) is 23.4 Å². The SMILES string of the molecule is C[C@H]1CN/C(=C/C(=O)c2ccc(F)cc2)C(=O)N1. The van der Waals surface area contributed by atoms with E-state index in [2.05, 4.69) is 10.6 Å². The molecule has 1 aliphatic rings. The van der Waals surface area contributed by atoms with Crippen LogP contribution < -0.4 is 10.6 Å². The molecule has 5 heteroatoms. The van der Waals surface area contributed by atoms with Crippen molar-refractivity contribution in [2.45, 2.75) is 13.0 Å². The lowest BCUT2D eigenvalue weighted by atomic mass is 10.1. The number of hydrogen-bond acceptors (Lipinski definition) is 3. The Hall–Kier alpha value is -2.17. The maximum absolute atomic E-state index is 12.7. The minimum atomic E-state index is -0.401. The van der Waals surface area contributed by atoms with Gasteiger partial charge < -0.3 is 10.6 Å². The molecule has 1 amide bonds. The number of rotatable bonds is 2. The van der Waals surface area contributed by atoms with Crippen molar-refractivity contribution in [3.63, 3.8) is 0 Å². The zero-order valence-corrected chi connectivity index (χ0v) is 9.87. The van der Waals surface area contributed by atoms with Crippen LogP contribution in [0.25, 0.3) is 0 Å². The number of amides is 1. The molecule has 1 aromatic rings. The lowest BCUT2D eigenvalue weighted by Gasteiger charge is -2.23. The molecule has 1 fully saturated rings. The number of allylic oxidation sites excluding steroid dienone is 1. The van der Waals surface area contributed by atoms with Gasteiger partial charge in [-0.15, -0.1) is 0 Å². The van der Waals surface area contributed by atoms with E-state index in [9.17, 15) is 14.0 Å². The van der Waals surface area contributed by atoms with Crippen LogP contribution in [0.2, 0.25) is 0 Å². The maximum atomic E-state index is 12.7. The molecule has 2 N–H and O–H groups in total. The predicted molar refractivity (Wildman–Crippen MR) is 64.4 cm³/mol. The number of benzene rings is 1. The molecule has 0 radical (unpaired) electrons. The van der Waals surface area contributed by atoms with E-state index in [4.69, 9.17) is 0 Å². The Labute approximate surface area is 104 Å². The summed E-state index contributed by atoms with van der Waals surface area (Å²) < 4.78 is 12.7. The fourth-order valence-corrected chi connectivity index (χ4v) is 1.64. The van der Waals surface area contributed by atoms with E-state index in [0.717, 1.165) is 0 Å². The van der Waals surface area contributed by atoms with Crippen molar-refractivity contribution in [1.82, 2.24) is 10.6 Å². The van der Waals surface area contributed by atoms with Crippen molar-refractivity contribution >= 4 is 11.7 Å². The standard InChI is InChI=1S/C13H13FN2O2/c1-8-7-15-11(13(18)16-8)6-12(17)9-2-4-10(14)5-3-9/h2-6,8,15H,7H2,1H3,(H,16,18)/b11-6+/t8-/m0/s1. The van der Waals surface area contributed by atoms with Gasteiger partial charge in [0.1, 0.15) is 11.5 Å². The van der Waals surface area contributed by atoms with E-state index < -0.39 is 5.82 Å². The summed E-state index contributed by atoms with van der Waals surface area (Å²) in [5, 5.41) is 5.60. The molecule has 0 aromatic heterocycles. The Morgan fingerprint density at radius 2 is 2.06 bits per heavy atom. The van der Waals surface area contributed by atoms with Gasteiger partial charge in [0.05, 0.1) is 0 Å². The molecule has 0 saturated carbocycles. The average molecular weight is 248 g/mol. The predicted octanol–water partition coefficient (Wildman–Crippen LogP) is 1.00. The van der Waals surface area contributed by atoms with E-state index in [1.807, 2.05) is 6.92 Å². The first-order chi connectivity index (χ1) is 8.56. The van der Waals surface area contributed by atoms with Gasteiger partial charge >= 0.3 is 0 Å². The molecule has 0 unspecified atom stereocenters. The van der Waals surface area contributed by atoms with E-state index in [1.54, 1.807) is 0 Å². The van der Waals surface area contributed by atoms with Gasteiger partial charge in [0.2, 0.25) is 0 Å². The zero-order chi connectivity index (χ0) is 13.1. The highest BCUT2D eigenvalue weighted by Crippen LogP contribution is 2.07. The second-order valence-corrected chi connectivity index (χ2v) is 4.18. The van der Waals surface area contributed by atoms with E-state index >= 15 is 0 Å². The molecule has 1 aromatic carbocycles. The Bertz CT molecular complexity index is 508. The summed E-state index contributed by atoms with van der Waals surface area (Å²) in [4.78, 5) is 23.4. The van der Waals surface area contributed by atoms with Crippen LogP contribution in [-0.4, -0.2) is 24.3 Å². The van der Waals surface area contributed by atoms with Crippen LogP contribution in [-0.2, 0) is 4.79 Å². The number of nitrogens with one attached hydrogen (secondary N) is 2. The summed E-state index contributed by atoms with van der Waals surface area (Å²) in [7, 11) is 0. The minimum Gasteiger partial charge on any atom is -0.378 e. The lowest BCUT2D eigenvalue weighted by Crippen LogP contribution is -2.49. The molecule has 0 aliphatic carbocycles. The normalized spacial score (nSPS) is 21.3. The van der Waals surface area contributed by atoms with Crippen molar-refractivity contribution in [2.24, 2.45) is 0 Å². The van der Waals surface area contributed by atoms with Gasteiger partial charge in [-0.25, -0.2) is 4.39 Å². The lowest BCUT2D eigenvalue weighted by molar-refractivity contribution is -0.119.